The van der Waals surface area contributed by atoms with Crippen LogP contribution < -0.4 is 0 Å². The highest BCUT2D eigenvalue weighted by Gasteiger charge is 2.33. The molecule has 1 aliphatic carbocycles. The van der Waals surface area contributed by atoms with Crippen LogP contribution in [0.1, 0.15) is 46.6 Å². The smallest absolute Gasteiger partial charge is 0.275 e. The van der Waals surface area contributed by atoms with Crippen molar-refractivity contribution in [3.8, 4) is 0 Å². The molecular weight excluding hydrogens is 358 g/mol. The third-order valence-corrected chi connectivity index (χ3v) is 5.25. The van der Waals surface area contributed by atoms with Gasteiger partial charge in [-0.2, -0.15) is 5.10 Å². The lowest BCUT2D eigenvalue weighted by Gasteiger charge is -2.32. The van der Waals surface area contributed by atoms with Gasteiger partial charge in [0.15, 0.2) is 5.69 Å². The molecule has 6 heteroatoms. The fourth-order valence-electron chi connectivity index (χ4n) is 2.98. The maximum absolute atomic E-state index is 12.8. The van der Waals surface area contributed by atoms with Gasteiger partial charge in [-0.1, -0.05) is 30.3 Å². The normalized spacial score (nSPS) is 21.4. The Morgan fingerprint density at radius 2 is 2.09 bits per heavy atom. The van der Waals surface area contributed by atoms with Crippen molar-refractivity contribution in [2.75, 3.05) is 19.7 Å². The summed E-state index contributed by atoms with van der Waals surface area (Å²) in [7, 11) is 0. The molecule has 2 heterocycles. The number of hydrogen-bond donors (Lipinski definition) is 1. The molecule has 0 radical (unpaired) electrons. The molecule has 0 bridgehead atoms. The molecule has 0 unspecified atom stereocenters. The molecular formula is C17H18BrN3O2. The summed E-state index contributed by atoms with van der Waals surface area (Å²) < 4.78 is 6.66. The van der Waals surface area contributed by atoms with Gasteiger partial charge in [-0.15, -0.1) is 0 Å². The summed E-state index contributed by atoms with van der Waals surface area (Å²) in [5, 5.41) is 7.27. The van der Waals surface area contributed by atoms with E-state index in [0.717, 1.165) is 15.7 Å². The Kier molecular flexibility index (Phi) is 3.95. The first-order valence-corrected chi connectivity index (χ1v) is 8.73. The molecule has 1 N–H and O–H groups in total. The lowest BCUT2D eigenvalue weighted by atomic mass is 10.1. The predicted octanol–water partition coefficient (Wildman–Crippen LogP) is 3.26. The number of aromatic nitrogens is 2. The van der Waals surface area contributed by atoms with E-state index in [1.165, 1.54) is 12.8 Å². The molecule has 2 fully saturated rings. The van der Waals surface area contributed by atoms with E-state index in [9.17, 15) is 4.79 Å². The van der Waals surface area contributed by atoms with E-state index in [-0.39, 0.29) is 12.0 Å². The van der Waals surface area contributed by atoms with E-state index in [1.54, 1.807) is 0 Å². The minimum Gasteiger partial charge on any atom is -0.370 e. The Bertz CT molecular complexity index is 712. The number of benzene rings is 1. The number of carbonyl (C=O) groups excluding carboxylic acids is 1. The number of aromatic amines is 1. The number of hydrogen-bond acceptors (Lipinski definition) is 3. The van der Waals surface area contributed by atoms with E-state index < -0.39 is 0 Å². The van der Waals surface area contributed by atoms with Crippen molar-refractivity contribution in [3.63, 3.8) is 0 Å². The van der Waals surface area contributed by atoms with Crippen LogP contribution in [-0.2, 0) is 4.74 Å². The summed E-state index contributed by atoms with van der Waals surface area (Å²) in [6.07, 6.45) is 2.26. The zero-order valence-corrected chi connectivity index (χ0v) is 14.3. The molecule has 0 spiro atoms. The van der Waals surface area contributed by atoms with E-state index in [4.69, 9.17) is 4.74 Å². The quantitative estimate of drug-likeness (QED) is 0.895. The first kappa shape index (κ1) is 14.9. The lowest BCUT2D eigenvalue weighted by Crippen LogP contribution is -2.42. The third-order valence-electron chi connectivity index (χ3n) is 4.45. The molecule has 1 atom stereocenters. The average molecular weight is 376 g/mol. The Hall–Kier alpha value is -1.66. The molecule has 4 rings (SSSR count). The van der Waals surface area contributed by atoms with Gasteiger partial charge in [-0.05, 0) is 34.3 Å². The van der Waals surface area contributed by atoms with Crippen molar-refractivity contribution in [2.24, 2.45) is 0 Å². The number of rotatable bonds is 3. The van der Waals surface area contributed by atoms with E-state index in [0.29, 0.717) is 31.3 Å². The Morgan fingerprint density at radius 3 is 2.83 bits per heavy atom. The van der Waals surface area contributed by atoms with Gasteiger partial charge in [-0.3, -0.25) is 9.89 Å². The maximum atomic E-state index is 12.8. The summed E-state index contributed by atoms with van der Waals surface area (Å²) in [5.41, 5.74) is 2.64. The van der Waals surface area contributed by atoms with Gasteiger partial charge in [0.05, 0.1) is 23.3 Å². The molecule has 5 nitrogen and oxygen atoms in total. The van der Waals surface area contributed by atoms with Gasteiger partial charge in [0.2, 0.25) is 0 Å². The largest absolute Gasteiger partial charge is 0.370 e. The maximum Gasteiger partial charge on any atom is 0.275 e. The zero-order chi connectivity index (χ0) is 15.8. The van der Waals surface area contributed by atoms with Crippen molar-refractivity contribution < 1.29 is 9.53 Å². The topological polar surface area (TPSA) is 58.2 Å². The number of morpholine rings is 1. The van der Waals surface area contributed by atoms with Gasteiger partial charge in [0, 0.05) is 12.5 Å². The molecule has 2 aliphatic rings. The summed E-state index contributed by atoms with van der Waals surface area (Å²) >= 11 is 3.55. The molecule has 1 amide bonds. The van der Waals surface area contributed by atoms with Crippen LogP contribution in [0.5, 0.6) is 0 Å². The second-order valence-corrected chi connectivity index (χ2v) is 6.89. The monoisotopic (exact) mass is 375 g/mol. The first-order chi connectivity index (χ1) is 11.2. The number of halogens is 1. The lowest BCUT2D eigenvalue weighted by molar-refractivity contribution is -0.0230. The SMILES string of the molecule is O=C(c1n[nH]c(C2CC2)c1Br)N1CCO[C@H](c2ccccc2)C1. The van der Waals surface area contributed by atoms with Crippen LogP contribution in [0.2, 0.25) is 0 Å². The number of nitrogens with zero attached hydrogens (tertiary/aromatic N) is 2. The van der Waals surface area contributed by atoms with Gasteiger partial charge in [0.25, 0.3) is 5.91 Å². The Labute approximate surface area is 143 Å². The zero-order valence-electron chi connectivity index (χ0n) is 12.7. The van der Waals surface area contributed by atoms with Gasteiger partial charge in [-0.25, -0.2) is 0 Å². The fraction of sp³-hybridized carbons (Fsp3) is 0.412. The second kappa shape index (κ2) is 6.09. The molecule has 120 valence electrons. The highest BCUT2D eigenvalue weighted by atomic mass is 79.9. The van der Waals surface area contributed by atoms with Crippen LogP contribution in [0.15, 0.2) is 34.8 Å². The second-order valence-electron chi connectivity index (χ2n) is 6.10. The molecule has 1 aromatic heterocycles. The number of nitrogens with one attached hydrogen (secondary N) is 1. The summed E-state index contributed by atoms with van der Waals surface area (Å²) in [5.74, 6) is 0.490. The molecule has 23 heavy (non-hydrogen) atoms. The van der Waals surface area contributed by atoms with Gasteiger partial charge in [0.1, 0.15) is 6.10 Å². The van der Waals surface area contributed by atoms with Crippen molar-refractivity contribution in [3.05, 3.63) is 51.8 Å². The van der Waals surface area contributed by atoms with Crippen molar-refractivity contribution in [1.82, 2.24) is 15.1 Å². The van der Waals surface area contributed by atoms with Crippen molar-refractivity contribution in [1.29, 1.82) is 0 Å². The average Bonchev–Trinajstić information content (AvgIpc) is 3.37. The number of H-pyrrole nitrogens is 1. The van der Waals surface area contributed by atoms with E-state index in [2.05, 4.69) is 26.1 Å². The Balaban J connectivity index is 1.52. The summed E-state index contributed by atoms with van der Waals surface area (Å²) in [4.78, 5) is 14.6. The highest BCUT2D eigenvalue weighted by molar-refractivity contribution is 9.10. The van der Waals surface area contributed by atoms with Gasteiger partial charge >= 0.3 is 0 Å². The fourth-order valence-corrected chi connectivity index (χ4v) is 3.65. The third kappa shape index (κ3) is 2.93. The van der Waals surface area contributed by atoms with Crippen LogP contribution >= 0.6 is 15.9 Å². The highest BCUT2D eigenvalue weighted by Crippen LogP contribution is 2.43. The van der Waals surface area contributed by atoms with E-state index >= 15 is 0 Å². The predicted molar refractivity (Wildman–Crippen MR) is 89.3 cm³/mol. The van der Waals surface area contributed by atoms with Crippen LogP contribution in [0, 0.1) is 0 Å². The standard InChI is InChI=1S/C17H18BrN3O2/c18-14-15(12-6-7-12)19-20-16(14)17(22)21-8-9-23-13(10-21)11-4-2-1-3-5-11/h1-5,12-13H,6-10H2,(H,19,20)/t13-/m0/s1. The molecule has 1 aromatic carbocycles. The summed E-state index contributed by atoms with van der Waals surface area (Å²) in [6.45, 7) is 1.70. The van der Waals surface area contributed by atoms with E-state index in [1.807, 2.05) is 35.2 Å². The molecule has 1 aliphatic heterocycles. The molecule has 1 saturated carbocycles. The Morgan fingerprint density at radius 1 is 1.30 bits per heavy atom. The molecule has 1 saturated heterocycles. The van der Waals surface area contributed by atoms with Crippen LogP contribution in [0.4, 0.5) is 0 Å². The molecule has 2 aromatic rings. The van der Waals surface area contributed by atoms with Crippen LogP contribution in [0.25, 0.3) is 0 Å². The van der Waals surface area contributed by atoms with Crippen molar-refractivity contribution in [2.45, 2.75) is 24.9 Å². The number of amides is 1. The van der Waals surface area contributed by atoms with Gasteiger partial charge < -0.3 is 9.64 Å². The van der Waals surface area contributed by atoms with Crippen molar-refractivity contribution >= 4 is 21.8 Å². The summed E-state index contributed by atoms with van der Waals surface area (Å²) in [6, 6.07) is 10.0. The van der Waals surface area contributed by atoms with Crippen LogP contribution in [0.3, 0.4) is 0 Å². The number of carbonyl (C=O) groups is 1. The van der Waals surface area contributed by atoms with Crippen LogP contribution in [-0.4, -0.2) is 40.7 Å². The minimum absolute atomic E-state index is 0.0377. The number of ether oxygens (including phenoxy) is 1. The minimum atomic E-state index is -0.0745. The first-order valence-electron chi connectivity index (χ1n) is 7.93.